The summed E-state index contributed by atoms with van der Waals surface area (Å²) in [5.74, 6) is 0.843. The highest BCUT2D eigenvalue weighted by molar-refractivity contribution is 7.18. The summed E-state index contributed by atoms with van der Waals surface area (Å²) in [6.07, 6.45) is 0.0605. The number of anilines is 2. The van der Waals surface area contributed by atoms with Gasteiger partial charge in [0, 0.05) is 10.6 Å². The van der Waals surface area contributed by atoms with Gasteiger partial charge < -0.3 is 10.1 Å². The monoisotopic (exact) mass is 341 g/mol. The van der Waals surface area contributed by atoms with Crippen LogP contribution in [0, 0.1) is 20.8 Å². The molecule has 0 saturated heterocycles. The molecule has 1 aromatic carbocycles. The quantitative estimate of drug-likeness (QED) is 0.725. The van der Waals surface area contributed by atoms with Gasteiger partial charge in [-0.3, -0.25) is 4.79 Å². The minimum atomic E-state index is -0.347. The Morgan fingerprint density at radius 3 is 2.54 bits per heavy atom. The van der Waals surface area contributed by atoms with E-state index in [0.29, 0.717) is 5.82 Å². The Bertz CT molecular complexity index is 901. The molecule has 1 N–H and O–H groups in total. The van der Waals surface area contributed by atoms with Crippen LogP contribution >= 0.6 is 11.3 Å². The molecule has 2 heterocycles. The molecule has 2 aromatic heterocycles. The second kappa shape index (κ2) is 6.57. The van der Waals surface area contributed by atoms with E-state index in [0.717, 1.165) is 27.3 Å². The molecule has 0 aliphatic carbocycles. The lowest BCUT2D eigenvalue weighted by molar-refractivity contribution is -0.139. The maximum atomic E-state index is 11.6. The molecule has 6 heteroatoms. The first-order valence-corrected chi connectivity index (χ1v) is 8.46. The third-order valence-corrected chi connectivity index (χ3v) is 5.02. The fourth-order valence-electron chi connectivity index (χ4n) is 2.44. The molecule has 0 saturated carbocycles. The summed E-state index contributed by atoms with van der Waals surface area (Å²) < 4.78 is 4.73. The minimum Gasteiger partial charge on any atom is -0.469 e. The summed E-state index contributed by atoms with van der Waals surface area (Å²) in [6, 6.07) is 8.11. The van der Waals surface area contributed by atoms with Crippen LogP contribution in [0.3, 0.4) is 0 Å². The summed E-state index contributed by atoms with van der Waals surface area (Å²) in [6.45, 7) is 6.18. The SMILES string of the molecule is COC(=O)Cc1nc(Nc2ccc(C)cc2)c2c(C)c(C)sc2n1. The van der Waals surface area contributed by atoms with E-state index in [2.05, 4.69) is 29.1 Å². The lowest BCUT2D eigenvalue weighted by Gasteiger charge is -2.10. The molecule has 3 aromatic rings. The fraction of sp³-hybridized carbons (Fsp3) is 0.278. The number of ether oxygens (including phenoxy) is 1. The zero-order valence-electron chi connectivity index (χ0n) is 14.1. The van der Waals surface area contributed by atoms with Gasteiger partial charge in [0.25, 0.3) is 0 Å². The molecule has 0 bridgehead atoms. The maximum absolute atomic E-state index is 11.6. The Hall–Kier alpha value is -2.47. The highest BCUT2D eigenvalue weighted by Gasteiger charge is 2.16. The molecule has 0 radical (unpaired) electrons. The van der Waals surface area contributed by atoms with E-state index in [4.69, 9.17) is 4.74 Å². The first-order valence-electron chi connectivity index (χ1n) is 7.65. The average molecular weight is 341 g/mol. The van der Waals surface area contributed by atoms with Gasteiger partial charge in [0.05, 0.1) is 12.5 Å². The molecule has 0 aliphatic rings. The average Bonchev–Trinajstić information content (AvgIpc) is 2.84. The van der Waals surface area contributed by atoms with Crippen LogP contribution in [0.15, 0.2) is 24.3 Å². The van der Waals surface area contributed by atoms with Crippen molar-refractivity contribution >= 4 is 39.0 Å². The van der Waals surface area contributed by atoms with E-state index < -0.39 is 0 Å². The Morgan fingerprint density at radius 2 is 1.88 bits per heavy atom. The highest BCUT2D eigenvalue weighted by Crippen LogP contribution is 2.34. The smallest absolute Gasteiger partial charge is 0.313 e. The van der Waals surface area contributed by atoms with Crippen LogP contribution in [0.4, 0.5) is 11.5 Å². The Kier molecular flexibility index (Phi) is 4.49. The summed E-state index contributed by atoms with van der Waals surface area (Å²) >= 11 is 1.61. The van der Waals surface area contributed by atoms with E-state index in [1.54, 1.807) is 11.3 Å². The van der Waals surface area contributed by atoms with Gasteiger partial charge >= 0.3 is 5.97 Å². The number of carbonyl (C=O) groups excluding carboxylic acids is 1. The molecule has 3 rings (SSSR count). The van der Waals surface area contributed by atoms with Crippen molar-refractivity contribution in [3.05, 3.63) is 46.1 Å². The zero-order chi connectivity index (χ0) is 17.3. The van der Waals surface area contributed by atoms with Gasteiger partial charge in [-0.2, -0.15) is 0 Å². The third kappa shape index (κ3) is 3.23. The molecule has 0 atom stereocenters. The molecule has 0 fully saturated rings. The Balaban J connectivity index is 2.08. The minimum absolute atomic E-state index is 0.0605. The molecule has 0 amide bonds. The number of hydrogen-bond acceptors (Lipinski definition) is 6. The van der Waals surface area contributed by atoms with Crippen molar-refractivity contribution in [2.75, 3.05) is 12.4 Å². The van der Waals surface area contributed by atoms with Crippen LogP contribution in [0.1, 0.15) is 21.8 Å². The molecule has 0 aliphatic heterocycles. The van der Waals surface area contributed by atoms with Crippen LogP contribution in [-0.2, 0) is 16.0 Å². The summed E-state index contributed by atoms with van der Waals surface area (Å²) in [7, 11) is 1.37. The first-order chi connectivity index (χ1) is 11.5. The zero-order valence-corrected chi connectivity index (χ0v) is 15.0. The summed E-state index contributed by atoms with van der Waals surface area (Å²) in [5, 5.41) is 4.37. The number of esters is 1. The number of aryl methyl sites for hydroxylation is 3. The summed E-state index contributed by atoms with van der Waals surface area (Å²) in [5.41, 5.74) is 3.31. The summed E-state index contributed by atoms with van der Waals surface area (Å²) in [4.78, 5) is 22.7. The van der Waals surface area contributed by atoms with Gasteiger partial charge in [-0.15, -0.1) is 11.3 Å². The van der Waals surface area contributed by atoms with Gasteiger partial charge in [-0.1, -0.05) is 17.7 Å². The Labute approximate surface area is 144 Å². The van der Waals surface area contributed by atoms with Crippen LogP contribution < -0.4 is 5.32 Å². The van der Waals surface area contributed by atoms with E-state index in [9.17, 15) is 4.79 Å². The topological polar surface area (TPSA) is 64.1 Å². The number of hydrogen-bond donors (Lipinski definition) is 1. The number of nitrogens with one attached hydrogen (secondary N) is 1. The molecule has 124 valence electrons. The molecule has 0 unspecified atom stereocenters. The van der Waals surface area contributed by atoms with Crippen molar-refractivity contribution in [1.82, 2.24) is 9.97 Å². The van der Waals surface area contributed by atoms with Crippen molar-refractivity contribution in [3.8, 4) is 0 Å². The van der Waals surface area contributed by atoms with Crippen molar-refractivity contribution in [2.45, 2.75) is 27.2 Å². The van der Waals surface area contributed by atoms with E-state index >= 15 is 0 Å². The fourth-order valence-corrected chi connectivity index (χ4v) is 3.49. The predicted octanol–water partition coefficient (Wildman–Crippen LogP) is 4.08. The van der Waals surface area contributed by atoms with E-state index in [1.807, 2.05) is 31.2 Å². The number of aromatic nitrogens is 2. The van der Waals surface area contributed by atoms with Gasteiger partial charge in [0.1, 0.15) is 22.9 Å². The van der Waals surface area contributed by atoms with Gasteiger partial charge in [-0.25, -0.2) is 9.97 Å². The number of methoxy groups -OCH3 is 1. The molecular formula is C18H19N3O2S. The molecular weight excluding hydrogens is 322 g/mol. The number of nitrogens with zero attached hydrogens (tertiary/aromatic N) is 2. The van der Waals surface area contributed by atoms with Crippen LogP contribution in [-0.4, -0.2) is 23.0 Å². The highest BCUT2D eigenvalue weighted by atomic mass is 32.1. The van der Waals surface area contributed by atoms with Gasteiger partial charge in [0.2, 0.25) is 0 Å². The van der Waals surface area contributed by atoms with Crippen molar-refractivity contribution in [1.29, 1.82) is 0 Å². The van der Waals surface area contributed by atoms with E-state index in [-0.39, 0.29) is 12.4 Å². The largest absolute Gasteiger partial charge is 0.469 e. The number of fused-ring (bicyclic) bond motifs is 1. The van der Waals surface area contributed by atoms with E-state index in [1.165, 1.54) is 17.6 Å². The lowest BCUT2D eigenvalue weighted by Crippen LogP contribution is -2.09. The molecule has 24 heavy (non-hydrogen) atoms. The standard InChI is InChI=1S/C18H19N3O2S/c1-10-5-7-13(8-6-10)19-17-16-11(2)12(3)24-18(16)21-14(20-17)9-15(22)23-4/h5-8H,9H2,1-4H3,(H,19,20,21). The van der Waals surface area contributed by atoms with Crippen molar-refractivity contribution in [3.63, 3.8) is 0 Å². The maximum Gasteiger partial charge on any atom is 0.313 e. The third-order valence-electron chi connectivity index (χ3n) is 3.92. The van der Waals surface area contributed by atoms with Crippen LogP contribution in [0.5, 0.6) is 0 Å². The Morgan fingerprint density at radius 1 is 1.17 bits per heavy atom. The number of rotatable bonds is 4. The van der Waals surface area contributed by atoms with Crippen molar-refractivity contribution in [2.24, 2.45) is 0 Å². The number of thiophene rings is 1. The second-order valence-corrected chi connectivity index (χ2v) is 6.90. The van der Waals surface area contributed by atoms with Gasteiger partial charge in [0.15, 0.2) is 0 Å². The van der Waals surface area contributed by atoms with Crippen LogP contribution in [0.2, 0.25) is 0 Å². The van der Waals surface area contributed by atoms with Gasteiger partial charge in [-0.05, 0) is 38.5 Å². The second-order valence-electron chi connectivity index (χ2n) is 5.70. The molecule has 5 nitrogen and oxygen atoms in total. The number of carbonyl (C=O) groups is 1. The predicted molar refractivity (Wildman–Crippen MR) is 97.1 cm³/mol. The van der Waals surface area contributed by atoms with Crippen LogP contribution in [0.25, 0.3) is 10.2 Å². The van der Waals surface area contributed by atoms with Crippen molar-refractivity contribution < 1.29 is 9.53 Å². The number of benzene rings is 1. The normalized spacial score (nSPS) is 10.8. The lowest BCUT2D eigenvalue weighted by atomic mass is 10.2. The molecule has 0 spiro atoms. The first kappa shape index (κ1) is 16.4.